The number of aromatic nitrogens is 1. The summed E-state index contributed by atoms with van der Waals surface area (Å²) in [6, 6.07) is 22.1. The Bertz CT molecular complexity index is 1280. The van der Waals surface area contributed by atoms with E-state index >= 15 is 0 Å². The van der Waals surface area contributed by atoms with Gasteiger partial charge in [-0.3, -0.25) is 14.9 Å². The number of carbonyl (C=O) groups is 3. The molecule has 1 heterocycles. The summed E-state index contributed by atoms with van der Waals surface area (Å²) in [6.07, 6.45) is 0. The molecule has 0 aliphatic heterocycles. The molecule has 0 aliphatic carbocycles. The summed E-state index contributed by atoms with van der Waals surface area (Å²) < 4.78 is 0. The normalized spacial score (nSPS) is 10.4. The van der Waals surface area contributed by atoms with Crippen LogP contribution in [0.1, 0.15) is 31.1 Å². The molecule has 2 amide bonds. The third-order valence-corrected chi connectivity index (χ3v) is 5.36. The van der Waals surface area contributed by atoms with Crippen LogP contribution in [-0.4, -0.2) is 27.9 Å². The molecular weight excluding hydrogens is 426 g/mol. The largest absolute Gasteiger partial charge is 0.478 e. The van der Waals surface area contributed by atoms with Crippen molar-refractivity contribution in [1.82, 2.24) is 4.98 Å². The zero-order valence-corrected chi connectivity index (χ0v) is 17.4. The van der Waals surface area contributed by atoms with Crippen LogP contribution in [0, 0.1) is 0 Å². The number of amides is 2. The van der Waals surface area contributed by atoms with Crippen LogP contribution in [0.5, 0.6) is 0 Å². The molecule has 0 unspecified atom stereocenters. The van der Waals surface area contributed by atoms with Gasteiger partial charge in [0, 0.05) is 22.2 Å². The van der Waals surface area contributed by atoms with Crippen molar-refractivity contribution in [2.75, 3.05) is 10.6 Å². The number of nitrogens with zero attached hydrogens (tertiary/aromatic N) is 1. The third-order valence-electron chi connectivity index (χ3n) is 4.60. The lowest BCUT2D eigenvalue weighted by molar-refractivity contribution is 0.0692. The van der Waals surface area contributed by atoms with Crippen molar-refractivity contribution in [2.24, 2.45) is 0 Å². The number of carboxylic acids is 1. The molecule has 4 aromatic rings. The summed E-state index contributed by atoms with van der Waals surface area (Å²) in [7, 11) is 0. The van der Waals surface area contributed by atoms with Gasteiger partial charge in [0.05, 0.1) is 16.8 Å². The van der Waals surface area contributed by atoms with Crippen LogP contribution in [0.25, 0.3) is 11.3 Å². The van der Waals surface area contributed by atoms with Gasteiger partial charge in [0.15, 0.2) is 5.13 Å². The van der Waals surface area contributed by atoms with Crippen LogP contribution in [0.15, 0.2) is 84.2 Å². The lowest BCUT2D eigenvalue weighted by Gasteiger charge is -2.06. The highest BCUT2D eigenvalue weighted by Gasteiger charge is 2.17. The Hall–Kier alpha value is -4.30. The van der Waals surface area contributed by atoms with E-state index in [1.807, 2.05) is 18.2 Å². The zero-order chi connectivity index (χ0) is 22.5. The fourth-order valence-electron chi connectivity index (χ4n) is 3.01. The molecule has 1 aromatic heterocycles. The van der Waals surface area contributed by atoms with E-state index in [9.17, 15) is 19.5 Å². The standard InChI is InChI=1S/C24H17N3O4S/c28-21(16-6-2-1-3-7-16)25-17-12-10-15(11-13-17)20-14-32-24(26-20)27-22(29)18-8-4-5-9-19(18)23(30)31/h1-14H,(H,25,28)(H,30,31)(H,26,27,29). The molecule has 0 radical (unpaired) electrons. The molecule has 32 heavy (non-hydrogen) atoms. The van der Waals surface area contributed by atoms with Crippen molar-refractivity contribution >= 4 is 39.9 Å². The van der Waals surface area contributed by atoms with Crippen molar-refractivity contribution in [3.8, 4) is 11.3 Å². The van der Waals surface area contributed by atoms with Gasteiger partial charge in [-0.25, -0.2) is 9.78 Å². The van der Waals surface area contributed by atoms with Crippen molar-refractivity contribution in [1.29, 1.82) is 0 Å². The Balaban J connectivity index is 1.44. The summed E-state index contributed by atoms with van der Waals surface area (Å²) in [5.41, 5.74) is 2.67. The number of carbonyl (C=O) groups excluding carboxylic acids is 2. The van der Waals surface area contributed by atoms with E-state index in [2.05, 4.69) is 15.6 Å². The van der Waals surface area contributed by atoms with Crippen molar-refractivity contribution in [3.63, 3.8) is 0 Å². The topological polar surface area (TPSA) is 108 Å². The van der Waals surface area contributed by atoms with E-state index in [1.165, 1.54) is 23.5 Å². The number of rotatable bonds is 6. The average Bonchev–Trinajstić information content (AvgIpc) is 3.28. The molecule has 0 fully saturated rings. The van der Waals surface area contributed by atoms with E-state index in [-0.39, 0.29) is 17.0 Å². The summed E-state index contributed by atoms with van der Waals surface area (Å²) >= 11 is 1.23. The lowest BCUT2D eigenvalue weighted by Crippen LogP contribution is -2.16. The van der Waals surface area contributed by atoms with Gasteiger partial charge in [0.2, 0.25) is 0 Å². The molecular formula is C24H17N3O4S. The summed E-state index contributed by atoms with van der Waals surface area (Å²) in [5, 5.41) is 16.9. The molecule has 0 saturated heterocycles. The van der Waals surface area contributed by atoms with Crippen LogP contribution in [-0.2, 0) is 0 Å². The van der Waals surface area contributed by atoms with Gasteiger partial charge in [-0.1, -0.05) is 42.5 Å². The van der Waals surface area contributed by atoms with Gasteiger partial charge in [0.25, 0.3) is 11.8 Å². The Kier molecular flexibility index (Phi) is 6.05. The molecule has 158 valence electrons. The average molecular weight is 443 g/mol. The molecule has 3 N–H and O–H groups in total. The zero-order valence-electron chi connectivity index (χ0n) is 16.6. The second-order valence-electron chi connectivity index (χ2n) is 6.74. The SMILES string of the molecule is O=C(Nc1ccc(-c2csc(NC(=O)c3ccccc3C(=O)O)n2)cc1)c1ccccc1. The maximum atomic E-state index is 12.5. The minimum absolute atomic E-state index is 0.0651. The summed E-state index contributed by atoms with van der Waals surface area (Å²) in [4.78, 5) is 40.5. The number of carboxylic acid groups (broad SMARTS) is 1. The van der Waals surface area contributed by atoms with Gasteiger partial charge < -0.3 is 10.4 Å². The van der Waals surface area contributed by atoms with E-state index in [0.29, 0.717) is 22.1 Å². The maximum absolute atomic E-state index is 12.5. The number of thiazole rings is 1. The first-order valence-electron chi connectivity index (χ1n) is 9.57. The number of hydrogen-bond acceptors (Lipinski definition) is 5. The monoisotopic (exact) mass is 443 g/mol. The Labute approximate surface area is 187 Å². The molecule has 3 aromatic carbocycles. The van der Waals surface area contributed by atoms with Gasteiger partial charge in [-0.15, -0.1) is 11.3 Å². The summed E-state index contributed by atoms with van der Waals surface area (Å²) in [6.45, 7) is 0. The van der Waals surface area contributed by atoms with Crippen LogP contribution in [0.2, 0.25) is 0 Å². The molecule has 0 atom stereocenters. The fourth-order valence-corrected chi connectivity index (χ4v) is 3.73. The van der Waals surface area contributed by atoms with Crippen molar-refractivity contribution in [2.45, 2.75) is 0 Å². The molecule has 0 aliphatic rings. The van der Waals surface area contributed by atoms with Crippen LogP contribution in [0.4, 0.5) is 10.8 Å². The second-order valence-corrected chi connectivity index (χ2v) is 7.60. The molecule has 7 nitrogen and oxygen atoms in total. The number of aromatic carboxylic acids is 1. The third kappa shape index (κ3) is 4.71. The first-order chi connectivity index (χ1) is 15.5. The van der Waals surface area contributed by atoms with Gasteiger partial charge in [-0.2, -0.15) is 0 Å². The van der Waals surface area contributed by atoms with E-state index in [0.717, 1.165) is 5.56 Å². The minimum Gasteiger partial charge on any atom is -0.478 e. The van der Waals surface area contributed by atoms with Crippen LogP contribution in [0.3, 0.4) is 0 Å². The maximum Gasteiger partial charge on any atom is 0.336 e. The Morgan fingerprint density at radius 2 is 1.41 bits per heavy atom. The quantitative estimate of drug-likeness (QED) is 0.388. The number of nitrogens with one attached hydrogen (secondary N) is 2. The summed E-state index contributed by atoms with van der Waals surface area (Å²) in [5.74, 6) is -1.91. The minimum atomic E-state index is -1.17. The predicted octanol–water partition coefficient (Wildman–Crippen LogP) is 5.01. The van der Waals surface area contributed by atoms with Gasteiger partial charge >= 0.3 is 5.97 Å². The molecule has 0 spiro atoms. The van der Waals surface area contributed by atoms with E-state index in [4.69, 9.17) is 0 Å². The predicted molar refractivity (Wildman–Crippen MR) is 123 cm³/mol. The van der Waals surface area contributed by atoms with Crippen molar-refractivity contribution in [3.05, 3.63) is 101 Å². The van der Waals surface area contributed by atoms with E-state index in [1.54, 1.807) is 53.9 Å². The van der Waals surface area contributed by atoms with Gasteiger partial charge in [0.1, 0.15) is 0 Å². The van der Waals surface area contributed by atoms with Crippen LogP contribution < -0.4 is 10.6 Å². The Morgan fingerprint density at radius 1 is 0.750 bits per heavy atom. The van der Waals surface area contributed by atoms with Crippen LogP contribution >= 0.6 is 11.3 Å². The highest BCUT2D eigenvalue weighted by Crippen LogP contribution is 2.26. The smallest absolute Gasteiger partial charge is 0.336 e. The fraction of sp³-hybridized carbons (Fsp3) is 0. The van der Waals surface area contributed by atoms with E-state index < -0.39 is 11.9 Å². The molecule has 0 saturated carbocycles. The number of benzene rings is 3. The van der Waals surface area contributed by atoms with Gasteiger partial charge in [-0.05, 0) is 36.4 Å². The molecule has 0 bridgehead atoms. The van der Waals surface area contributed by atoms with Crippen molar-refractivity contribution < 1.29 is 19.5 Å². The number of hydrogen-bond donors (Lipinski definition) is 3. The molecule has 4 rings (SSSR count). The first kappa shape index (κ1) is 21.0. The second kappa shape index (κ2) is 9.23. The lowest BCUT2D eigenvalue weighted by atomic mass is 10.1. The molecule has 8 heteroatoms. The first-order valence-corrected chi connectivity index (χ1v) is 10.5. The highest BCUT2D eigenvalue weighted by molar-refractivity contribution is 7.14. The number of anilines is 2. The Morgan fingerprint density at radius 3 is 2.09 bits per heavy atom. The highest BCUT2D eigenvalue weighted by atomic mass is 32.1.